The summed E-state index contributed by atoms with van der Waals surface area (Å²) in [6.07, 6.45) is -9.00. The lowest BCUT2D eigenvalue weighted by Gasteiger charge is -2.36. The van der Waals surface area contributed by atoms with Gasteiger partial charge in [-0.25, -0.2) is 4.90 Å². The van der Waals surface area contributed by atoms with Gasteiger partial charge in [0.25, 0.3) is 0 Å². The predicted molar refractivity (Wildman–Crippen MR) is 129 cm³/mol. The minimum absolute atomic E-state index is 0.208. The summed E-state index contributed by atoms with van der Waals surface area (Å²) in [5.41, 5.74) is -4.27. The van der Waals surface area contributed by atoms with E-state index >= 15 is 0 Å². The van der Waals surface area contributed by atoms with Gasteiger partial charge >= 0.3 is 12.4 Å². The topological polar surface area (TPSA) is 74.8 Å². The normalized spacial score (nSPS) is 24.6. The van der Waals surface area contributed by atoms with Gasteiger partial charge < -0.3 is 0 Å². The van der Waals surface area contributed by atoms with E-state index in [4.69, 9.17) is 0 Å². The van der Waals surface area contributed by atoms with E-state index in [1.807, 2.05) is 0 Å². The number of likely N-dealkylation sites (tertiary alicyclic amines) is 1. The molecule has 12 heteroatoms. The molecule has 2 aromatic carbocycles. The number of hydrogen-bond acceptors (Lipinski definition) is 4. The van der Waals surface area contributed by atoms with Crippen molar-refractivity contribution < 1.29 is 45.5 Å². The number of anilines is 1. The maximum absolute atomic E-state index is 14.3. The van der Waals surface area contributed by atoms with Gasteiger partial charge in [-0.3, -0.25) is 24.1 Å². The fourth-order valence-electron chi connectivity index (χ4n) is 6.38. The van der Waals surface area contributed by atoms with Crippen molar-refractivity contribution in [2.45, 2.75) is 45.0 Å². The van der Waals surface area contributed by atoms with Crippen LogP contribution in [0.25, 0.3) is 11.1 Å². The summed E-state index contributed by atoms with van der Waals surface area (Å²) < 4.78 is 85.1. The van der Waals surface area contributed by atoms with E-state index in [0.717, 1.165) is 29.2 Å². The largest absolute Gasteiger partial charge is 0.417 e. The summed E-state index contributed by atoms with van der Waals surface area (Å²) >= 11 is 0. The number of fused-ring (bicyclic) bond motifs is 4. The lowest BCUT2D eigenvalue weighted by atomic mass is 9.59. The lowest BCUT2D eigenvalue weighted by molar-refractivity contribution is -0.146. The van der Waals surface area contributed by atoms with Crippen LogP contribution >= 0.6 is 0 Å². The number of imide groups is 2. The average molecular weight is 566 g/mol. The van der Waals surface area contributed by atoms with E-state index in [1.54, 1.807) is 13.8 Å². The molecule has 0 radical (unpaired) electrons. The van der Waals surface area contributed by atoms with Crippen molar-refractivity contribution in [3.8, 4) is 11.1 Å². The first-order valence-corrected chi connectivity index (χ1v) is 12.7. The van der Waals surface area contributed by atoms with Gasteiger partial charge in [0, 0.05) is 7.05 Å². The van der Waals surface area contributed by atoms with Crippen molar-refractivity contribution in [3.05, 3.63) is 53.1 Å². The fourth-order valence-corrected chi connectivity index (χ4v) is 6.38. The summed E-state index contributed by atoms with van der Waals surface area (Å²) in [6.45, 7) is 3.61. The van der Waals surface area contributed by atoms with Gasteiger partial charge in [0.05, 0.1) is 40.5 Å². The van der Waals surface area contributed by atoms with Crippen molar-refractivity contribution >= 4 is 29.3 Å². The highest BCUT2D eigenvalue weighted by atomic mass is 19.4. The first-order chi connectivity index (χ1) is 18.6. The van der Waals surface area contributed by atoms with E-state index in [2.05, 4.69) is 0 Å². The number of amides is 4. The molecule has 40 heavy (non-hydrogen) atoms. The Morgan fingerprint density at radius 2 is 1.10 bits per heavy atom. The molecular weight excluding hydrogens is 542 g/mol. The molecule has 5 rings (SSSR count). The van der Waals surface area contributed by atoms with Crippen LogP contribution in [0.5, 0.6) is 0 Å². The van der Waals surface area contributed by atoms with Gasteiger partial charge in [0.15, 0.2) is 0 Å². The summed E-state index contributed by atoms with van der Waals surface area (Å²) in [5.74, 6) is -7.80. The number of alkyl halides is 6. The molecule has 4 atom stereocenters. The third-order valence-electron chi connectivity index (χ3n) is 8.45. The molecule has 1 saturated carbocycles. The number of carbonyl (C=O) groups is 4. The van der Waals surface area contributed by atoms with Crippen LogP contribution in [0.3, 0.4) is 0 Å². The molecule has 212 valence electrons. The van der Waals surface area contributed by atoms with Crippen molar-refractivity contribution in [2.24, 2.45) is 23.7 Å². The smallest absolute Gasteiger partial charge is 0.285 e. The van der Waals surface area contributed by atoms with Crippen LogP contribution in [-0.2, 0) is 31.5 Å². The molecule has 4 amide bonds. The zero-order valence-corrected chi connectivity index (χ0v) is 21.6. The first kappa shape index (κ1) is 27.9. The van der Waals surface area contributed by atoms with E-state index in [9.17, 15) is 45.5 Å². The average Bonchev–Trinajstić information content (AvgIpc) is 3.17. The van der Waals surface area contributed by atoms with Gasteiger partial charge in [-0.05, 0) is 53.6 Å². The van der Waals surface area contributed by atoms with Crippen LogP contribution in [0.15, 0.2) is 36.4 Å². The predicted octanol–water partition coefficient (Wildman–Crippen LogP) is 5.65. The van der Waals surface area contributed by atoms with Crippen LogP contribution in [0.1, 0.15) is 49.3 Å². The van der Waals surface area contributed by atoms with E-state index in [-0.39, 0.29) is 5.92 Å². The maximum atomic E-state index is 14.3. The number of halogens is 6. The molecule has 4 unspecified atom stereocenters. The van der Waals surface area contributed by atoms with Crippen molar-refractivity contribution in [1.29, 1.82) is 0 Å². The number of carbonyl (C=O) groups excluding carboxylic acids is 4. The Bertz CT molecular complexity index is 1410. The molecule has 0 bridgehead atoms. The van der Waals surface area contributed by atoms with Crippen molar-refractivity contribution in [1.82, 2.24) is 4.90 Å². The van der Waals surface area contributed by atoms with E-state index in [1.165, 1.54) is 13.1 Å². The quantitative estimate of drug-likeness (QED) is 0.347. The molecule has 6 nitrogen and oxygen atoms in total. The molecule has 1 aliphatic carbocycles. The van der Waals surface area contributed by atoms with Gasteiger partial charge in [-0.15, -0.1) is 0 Å². The minimum Gasteiger partial charge on any atom is -0.285 e. The zero-order chi connectivity index (χ0) is 29.5. The molecule has 3 aliphatic rings. The molecule has 0 N–H and O–H groups in total. The Kier molecular flexibility index (Phi) is 6.38. The molecule has 2 heterocycles. The van der Waals surface area contributed by atoms with Gasteiger partial charge in [0.2, 0.25) is 23.6 Å². The Hall–Kier alpha value is -3.70. The van der Waals surface area contributed by atoms with Crippen molar-refractivity contribution in [2.75, 3.05) is 11.9 Å². The van der Waals surface area contributed by atoms with Gasteiger partial charge in [0.1, 0.15) is 0 Å². The summed E-state index contributed by atoms with van der Waals surface area (Å²) in [5, 5.41) is 0. The molecule has 2 aromatic rings. The second-order valence-electron chi connectivity index (χ2n) is 10.4. The lowest BCUT2D eigenvalue weighted by Crippen LogP contribution is -2.50. The molecule has 2 aliphatic heterocycles. The standard InChI is InChI=1S/C28H24F6N2O4/c1-4-12(5-2)13-6-8-15(17(10-13)27(29,30)31)16-9-7-14(11-18(16)28(32,33)34)36-25(39)21-19-20(22(21)26(36)40)24(38)35(3)23(19)37/h6-12,19-22H,4-5H2,1-3H3. The van der Waals surface area contributed by atoms with Crippen LogP contribution in [0.4, 0.5) is 32.0 Å². The number of benzene rings is 2. The SMILES string of the molecule is CCC(CC)c1ccc(-c2ccc(N3C(=O)C4C5C(=O)N(C)C(=O)C5C4C3=O)cc2C(F)(F)F)c(C(F)(F)F)c1. The Labute approximate surface area is 224 Å². The van der Waals surface area contributed by atoms with Crippen LogP contribution in [0.2, 0.25) is 0 Å². The van der Waals surface area contributed by atoms with Gasteiger partial charge in [-0.1, -0.05) is 32.0 Å². The molecule has 2 saturated heterocycles. The molecule has 0 aromatic heterocycles. The number of nitrogens with zero attached hydrogens (tertiary/aromatic N) is 2. The highest BCUT2D eigenvalue weighted by Gasteiger charge is 2.73. The zero-order valence-electron chi connectivity index (χ0n) is 21.6. The Morgan fingerprint density at radius 1 is 0.675 bits per heavy atom. The van der Waals surface area contributed by atoms with Crippen LogP contribution in [-0.4, -0.2) is 35.6 Å². The summed E-state index contributed by atoms with van der Waals surface area (Å²) in [6, 6.07) is 5.52. The molecular formula is C28H24F6N2O4. The van der Waals surface area contributed by atoms with Crippen LogP contribution in [0, 0.1) is 23.7 Å². The summed E-state index contributed by atoms with van der Waals surface area (Å²) in [4.78, 5) is 52.4. The highest BCUT2D eigenvalue weighted by Crippen LogP contribution is 2.57. The number of hydrogen-bond donors (Lipinski definition) is 0. The first-order valence-electron chi connectivity index (χ1n) is 12.7. The van der Waals surface area contributed by atoms with Crippen LogP contribution < -0.4 is 4.90 Å². The Morgan fingerprint density at radius 3 is 1.55 bits per heavy atom. The third kappa shape index (κ3) is 3.94. The fraction of sp³-hybridized carbons (Fsp3) is 0.429. The third-order valence-corrected chi connectivity index (χ3v) is 8.45. The van der Waals surface area contributed by atoms with E-state index < -0.39 is 87.6 Å². The highest BCUT2D eigenvalue weighted by molar-refractivity contribution is 6.27. The maximum Gasteiger partial charge on any atom is 0.417 e. The second-order valence-corrected chi connectivity index (χ2v) is 10.4. The van der Waals surface area contributed by atoms with Gasteiger partial charge in [-0.2, -0.15) is 26.3 Å². The minimum atomic E-state index is -5.14. The molecule has 3 fully saturated rings. The second kappa shape index (κ2) is 9.17. The molecule has 0 spiro atoms. The summed E-state index contributed by atoms with van der Waals surface area (Å²) in [7, 11) is 1.23. The van der Waals surface area contributed by atoms with Crippen molar-refractivity contribution in [3.63, 3.8) is 0 Å². The Balaban J connectivity index is 1.60. The van der Waals surface area contributed by atoms with E-state index in [0.29, 0.717) is 29.4 Å². The monoisotopic (exact) mass is 566 g/mol. The number of rotatable bonds is 5.